The molecule has 4 heterocycles. The van der Waals surface area contributed by atoms with Gasteiger partial charge in [-0.15, -0.1) is 0 Å². The number of primary amides is 1. The van der Waals surface area contributed by atoms with Crippen LogP contribution in [0.3, 0.4) is 0 Å². The Morgan fingerprint density at radius 2 is 2.09 bits per heavy atom. The van der Waals surface area contributed by atoms with Gasteiger partial charge in [-0.3, -0.25) is 9.48 Å². The summed E-state index contributed by atoms with van der Waals surface area (Å²) in [4.78, 5) is 23.6. The number of rotatable bonds is 6. The third-order valence-electron chi connectivity index (χ3n) is 6.23. The van der Waals surface area contributed by atoms with E-state index in [1.165, 1.54) is 12.8 Å². The zero-order chi connectivity index (χ0) is 22.2. The molecule has 0 aliphatic carbocycles. The zero-order valence-electron chi connectivity index (χ0n) is 18.4. The lowest BCUT2D eigenvalue weighted by molar-refractivity contribution is 0.100. The lowest BCUT2D eigenvalue weighted by atomic mass is 10.2. The van der Waals surface area contributed by atoms with Crippen LogP contribution in [0.2, 0.25) is 0 Å². The molecule has 8 heteroatoms. The molecule has 0 bridgehead atoms. The number of nitrogens with two attached hydrogens (primary N) is 1. The highest BCUT2D eigenvalue weighted by Crippen LogP contribution is 2.29. The normalized spacial score (nSPS) is 16.2. The van der Waals surface area contributed by atoms with Gasteiger partial charge in [-0.2, -0.15) is 5.10 Å². The van der Waals surface area contributed by atoms with Crippen LogP contribution in [0, 0.1) is 0 Å². The van der Waals surface area contributed by atoms with Crippen LogP contribution in [0.15, 0.2) is 48.8 Å². The average Bonchev–Trinajstić information content (AvgIpc) is 3.52. The summed E-state index contributed by atoms with van der Waals surface area (Å²) in [6.45, 7) is 6.74. The van der Waals surface area contributed by atoms with Crippen molar-refractivity contribution in [3.63, 3.8) is 0 Å². The van der Waals surface area contributed by atoms with E-state index < -0.39 is 5.91 Å². The second-order valence-electron chi connectivity index (χ2n) is 8.34. The summed E-state index contributed by atoms with van der Waals surface area (Å²) in [5, 5.41) is 4.64. The summed E-state index contributed by atoms with van der Waals surface area (Å²) in [5.74, 6) is 1.33. The first-order chi connectivity index (χ1) is 15.5. The highest BCUT2D eigenvalue weighted by molar-refractivity contribution is 5.96. The molecule has 0 unspecified atom stereocenters. The summed E-state index contributed by atoms with van der Waals surface area (Å²) < 4.78 is 4.03. The Morgan fingerprint density at radius 3 is 2.75 bits per heavy atom. The first kappa shape index (κ1) is 20.2. The third-order valence-corrected chi connectivity index (χ3v) is 6.23. The topological polar surface area (TPSA) is 94.9 Å². The smallest absolute Gasteiger partial charge is 0.248 e. The molecule has 3 aromatic heterocycles. The van der Waals surface area contributed by atoms with Gasteiger partial charge in [0.25, 0.3) is 0 Å². The van der Waals surface area contributed by atoms with Gasteiger partial charge in [-0.1, -0.05) is 0 Å². The van der Waals surface area contributed by atoms with Crippen molar-refractivity contribution in [2.45, 2.75) is 45.8 Å². The van der Waals surface area contributed by atoms with Crippen molar-refractivity contribution in [2.75, 3.05) is 11.4 Å². The number of aromatic nitrogens is 5. The predicted molar refractivity (Wildman–Crippen MR) is 125 cm³/mol. The van der Waals surface area contributed by atoms with Crippen LogP contribution in [0.5, 0.6) is 0 Å². The molecule has 0 spiro atoms. The number of anilines is 1. The fraction of sp³-hybridized carbons (Fsp3) is 0.333. The van der Waals surface area contributed by atoms with E-state index in [0.29, 0.717) is 18.2 Å². The maximum atomic E-state index is 11.7. The number of imidazole rings is 1. The minimum absolute atomic E-state index is 0.445. The second kappa shape index (κ2) is 8.11. The third kappa shape index (κ3) is 3.62. The number of aryl methyl sites for hydroxylation is 1. The molecule has 164 valence electrons. The van der Waals surface area contributed by atoms with Gasteiger partial charge in [0, 0.05) is 42.7 Å². The number of hydrogen-bond donors (Lipinski definition) is 1. The van der Waals surface area contributed by atoms with Gasteiger partial charge in [-0.05, 0) is 63.1 Å². The van der Waals surface area contributed by atoms with E-state index in [2.05, 4.69) is 40.5 Å². The van der Waals surface area contributed by atoms with Crippen molar-refractivity contribution >= 4 is 22.8 Å². The lowest BCUT2D eigenvalue weighted by Gasteiger charge is -2.22. The summed E-state index contributed by atoms with van der Waals surface area (Å²) >= 11 is 0. The number of carbonyl (C=O) groups excluding carboxylic acids is 1. The Kier molecular flexibility index (Phi) is 5.13. The minimum atomic E-state index is -0.463. The average molecular weight is 430 g/mol. The first-order valence-electron chi connectivity index (χ1n) is 11.1. The lowest BCUT2D eigenvalue weighted by Crippen LogP contribution is -2.26. The molecule has 1 amide bonds. The summed E-state index contributed by atoms with van der Waals surface area (Å²) in [7, 11) is 0. The predicted octanol–water partition coefficient (Wildman–Crippen LogP) is 3.45. The largest absolute Gasteiger partial charge is 0.366 e. The monoisotopic (exact) mass is 429 g/mol. The molecule has 32 heavy (non-hydrogen) atoms. The molecular weight excluding hydrogens is 402 g/mol. The molecule has 1 fully saturated rings. The van der Waals surface area contributed by atoms with Gasteiger partial charge < -0.3 is 15.2 Å². The molecule has 1 aliphatic rings. The standard InChI is InChI=1S/C24H27N7O/c1-3-29-12-10-19(28-29)15-31-21-8-6-17(23(25)32)13-20(21)27-24(31)18-7-9-22(26-14-18)30-11-4-5-16(30)2/h6-10,12-14,16H,3-5,11,15H2,1-2H3,(H2,25,32)/t16-/m0/s1. The van der Waals surface area contributed by atoms with Crippen LogP contribution in [0.25, 0.3) is 22.4 Å². The number of carbonyl (C=O) groups is 1. The first-order valence-corrected chi connectivity index (χ1v) is 11.1. The Hall–Kier alpha value is -3.68. The van der Waals surface area contributed by atoms with Crippen molar-refractivity contribution < 1.29 is 4.79 Å². The van der Waals surface area contributed by atoms with Crippen molar-refractivity contribution in [3.05, 3.63) is 60.0 Å². The van der Waals surface area contributed by atoms with E-state index in [0.717, 1.165) is 47.0 Å². The van der Waals surface area contributed by atoms with Crippen LogP contribution in [0.4, 0.5) is 5.82 Å². The van der Waals surface area contributed by atoms with E-state index in [9.17, 15) is 4.79 Å². The molecule has 4 aromatic rings. The molecule has 2 N–H and O–H groups in total. The Balaban J connectivity index is 1.57. The van der Waals surface area contributed by atoms with Crippen molar-refractivity contribution in [1.29, 1.82) is 0 Å². The van der Waals surface area contributed by atoms with E-state index in [-0.39, 0.29) is 0 Å². The molecule has 5 rings (SSSR count). The highest BCUT2D eigenvalue weighted by atomic mass is 16.1. The van der Waals surface area contributed by atoms with Crippen molar-refractivity contribution in [3.8, 4) is 11.4 Å². The number of nitrogens with zero attached hydrogens (tertiary/aromatic N) is 6. The summed E-state index contributed by atoms with van der Waals surface area (Å²) in [6.07, 6.45) is 6.27. The zero-order valence-corrected chi connectivity index (χ0v) is 18.4. The molecule has 0 radical (unpaired) electrons. The van der Waals surface area contributed by atoms with Crippen LogP contribution >= 0.6 is 0 Å². The van der Waals surface area contributed by atoms with Gasteiger partial charge in [0.1, 0.15) is 11.6 Å². The number of benzene rings is 1. The number of amides is 1. The number of pyridine rings is 1. The highest BCUT2D eigenvalue weighted by Gasteiger charge is 2.22. The molecular formula is C24H27N7O. The van der Waals surface area contributed by atoms with Crippen LogP contribution in [-0.2, 0) is 13.1 Å². The maximum absolute atomic E-state index is 11.7. The molecule has 0 saturated carbocycles. The Bertz CT molecular complexity index is 1270. The van der Waals surface area contributed by atoms with E-state index in [4.69, 9.17) is 15.7 Å². The summed E-state index contributed by atoms with van der Waals surface area (Å²) in [5.41, 5.74) is 9.45. The quantitative estimate of drug-likeness (QED) is 0.507. The fourth-order valence-corrected chi connectivity index (χ4v) is 4.45. The van der Waals surface area contributed by atoms with Crippen molar-refractivity contribution in [1.82, 2.24) is 24.3 Å². The van der Waals surface area contributed by atoms with Gasteiger partial charge in [0.15, 0.2) is 0 Å². The van der Waals surface area contributed by atoms with Crippen LogP contribution < -0.4 is 10.6 Å². The van der Waals surface area contributed by atoms with Crippen molar-refractivity contribution in [2.24, 2.45) is 5.73 Å². The molecule has 1 aromatic carbocycles. The summed E-state index contributed by atoms with van der Waals surface area (Å²) in [6, 6.07) is 12.1. The maximum Gasteiger partial charge on any atom is 0.248 e. The van der Waals surface area contributed by atoms with Gasteiger partial charge in [-0.25, -0.2) is 9.97 Å². The molecule has 8 nitrogen and oxygen atoms in total. The van der Waals surface area contributed by atoms with Crippen LogP contribution in [-0.4, -0.2) is 42.8 Å². The molecule has 1 saturated heterocycles. The van der Waals surface area contributed by atoms with E-state index in [1.54, 1.807) is 12.1 Å². The number of hydrogen-bond acceptors (Lipinski definition) is 5. The SMILES string of the molecule is CCn1ccc(Cn2c(-c3ccc(N4CCC[C@@H]4C)nc3)nc3cc(C(N)=O)ccc32)n1. The van der Waals surface area contributed by atoms with Gasteiger partial charge in [0.05, 0.1) is 23.3 Å². The Morgan fingerprint density at radius 1 is 1.22 bits per heavy atom. The second-order valence-corrected chi connectivity index (χ2v) is 8.34. The van der Waals surface area contributed by atoms with Gasteiger partial charge in [0.2, 0.25) is 5.91 Å². The van der Waals surface area contributed by atoms with E-state index >= 15 is 0 Å². The Labute approximate surface area is 186 Å². The van der Waals surface area contributed by atoms with E-state index in [1.807, 2.05) is 29.2 Å². The minimum Gasteiger partial charge on any atom is -0.366 e. The molecule has 1 aliphatic heterocycles. The molecule has 1 atom stereocenters. The fourth-order valence-electron chi connectivity index (χ4n) is 4.45. The van der Waals surface area contributed by atoms with Crippen LogP contribution in [0.1, 0.15) is 42.7 Å². The number of fused-ring (bicyclic) bond motifs is 1. The van der Waals surface area contributed by atoms with Gasteiger partial charge >= 0.3 is 0 Å².